The maximum atomic E-state index is 12.4. The number of esters is 2. The zero-order valence-corrected chi connectivity index (χ0v) is 16.6. The molecule has 7 heteroatoms. The summed E-state index contributed by atoms with van der Waals surface area (Å²) in [5.41, 5.74) is -0.774. The highest BCUT2D eigenvalue weighted by atomic mass is 79.9. The maximum absolute atomic E-state index is 12.4. The van der Waals surface area contributed by atoms with E-state index < -0.39 is 41.2 Å². The van der Waals surface area contributed by atoms with Gasteiger partial charge in [0.15, 0.2) is 0 Å². The van der Waals surface area contributed by atoms with Crippen LogP contribution in [-0.4, -0.2) is 51.4 Å². The lowest BCUT2D eigenvalue weighted by Gasteiger charge is -2.42. The Kier molecular flexibility index (Phi) is 6.49. The topological polar surface area (TPSA) is 93.1 Å². The van der Waals surface area contributed by atoms with E-state index >= 15 is 0 Å². The van der Waals surface area contributed by atoms with E-state index in [1.807, 2.05) is 0 Å². The number of carbonyl (C=O) groups excluding carboxylic acids is 2. The molecule has 1 aliphatic rings. The molecule has 0 spiro atoms. The molecule has 148 valence electrons. The average Bonchev–Trinajstić information content (AvgIpc) is 2.72. The number of rotatable bonds is 5. The maximum Gasteiger partial charge on any atom is 0.338 e. The summed E-state index contributed by atoms with van der Waals surface area (Å²) in [7, 11) is 0. The van der Waals surface area contributed by atoms with Crippen LogP contribution in [0.25, 0.3) is 0 Å². The van der Waals surface area contributed by atoms with Crippen LogP contribution < -0.4 is 0 Å². The summed E-state index contributed by atoms with van der Waals surface area (Å²) in [4.78, 5) is 24.3. The summed E-state index contributed by atoms with van der Waals surface area (Å²) in [5, 5.41) is 20.3. The molecule has 4 atom stereocenters. The number of aliphatic hydroxyl groups is 2. The third kappa shape index (κ3) is 4.79. The van der Waals surface area contributed by atoms with E-state index in [1.54, 1.807) is 60.7 Å². The van der Waals surface area contributed by atoms with Gasteiger partial charge < -0.3 is 19.7 Å². The first-order chi connectivity index (χ1) is 13.4. The quantitative estimate of drug-likeness (QED) is 0.539. The minimum Gasteiger partial charge on any atom is -0.457 e. The summed E-state index contributed by atoms with van der Waals surface area (Å²) in [6, 6.07) is 16.9. The van der Waals surface area contributed by atoms with Crippen molar-refractivity contribution in [2.24, 2.45) is 0 Å². The van der Waals surface area contributed by atoms with Gasteiger partial charge in [0.25, 0.3) is 0 Å². The van der Waals surface area contributed by atoms with E-state index in [1.165, 1.54) is 0 Å². The Morgan fingerprint density at radius 1 is 0.893 bits per heavy atom. The molecule has 2 N–H and O–H groups in total. The lowest BCUT2D eigenvalue weighted by molar-refractivity contribution is -0.114. The van der Waals surface area contributed by atoms with Crippen molar-refractivity contribution in [2.45, 2.75) is 35.5 Å². The van der Waals surface area contributed by atoms with Crippen LogP contribution in [0.3, 0.4) is 0 Å². The number of halogens is 1. The molecule has 2 aromatic carbocycles. The van der Waals surface area contributed by atoms with E-state index in [4.69, 9.17) is 9.47 Å². The zero-order valence-electron chi connectivity index (χ0n) is 15.0. The van der Waals surface area contributed by atoms with Crippen LogP contribution in [0.1, 0.15) is 33.6 Å². The van der Waals surface area contributed by atoms with E-state index in [0.29, 0.717) is 11.1 Å². The number of hydrogen-bond donors (Lipinski definition) is 2. The molecule has 1 aliphatic carbocycles. The SMILES string of the molecule is O=C(OC1CC(O)(CO)C[C@@H](OC(=O)c2ccccc2)C1Br)c1ccccc1. The molecule has 0 heterocycles. The Morgan fingerprint density at radius 2 is 1.29 bits per heavy atom. The van der Waals surface area contributed by atoms with E-state index in [2.05, 4.69) is 15.9 Å². The van der Waals surface area contributed by atoms with E-state index in [0.717, 1.165) is 0 Å². The second-order valence-corrected chi connectivity index (χ2v) is 7.91. The number of aliphatic hydroxyl groups excluding tert-OH is 1. The second kappa shape index (κ2) is 8.86. The Labute approximate surface area is 171 Å². The van der Waals surface area contributed by atoms with Gasteiger partial charge in [0.2, 0.25) is 0 Å². The number of hydrogen-bond acceptors (Lipinski definition) is 6. The molecule has 0 aromatic heterocycles. The van der Waals surface area contributed by atoms with Crippen molar-refractivity contribution in [3.8, 4) is 0 Å². The highest BCUT2D eigenvalue weighted by Crippen LogP contribution is 2.36. The number of alkyl halides is 1. The van der Waals surface area contributed by atoms with Gasteiger partial charge in [0.1, 0.15) is 12.2 Å². The monoisotopic (exact) mass is 448 g/mol. The van der Waals surface area contributed by atoms with E-state index in [9.17, 15) is 19.8 Å². The normalized spacial score (nSPS) is 27.0. The van der Waals surface area contributed by atoms with Crippen molar-refractivity contribution in [1.82, 2.24) is 0 Å². The summed E-state index contributed by atoms with van der Waals surface area (Å²) in [6.07, 6.45) is -1.52. The summed E-state index contributed by atoms with van der Waals surface area (Å²) < 4.78 is 11.1. The van der Waals surface area contributed by atoms with Gasteiger partial charge in [-0.1, -0.05) is 52.3 Å². The highest BCUT2D eigenvalue weighted by Gasteiger charge is 2.47. The summed E-state index contributed by atoms with van der Waals surface area (Å²) >= 11 is 3.46. The smallest absolute Gasteiger partial charge is 0.338 e. The minimum atomic E-state index is -1.52. The molecular weight excluding hydrogens is 428 g/mol. The van der Waals surface area contributed by atoms with Crippen molar-refractivity contribution in [1.29, 1.82) is 0 Å². The van der Waals surface area contributed by atoms with Gasteiger partial charge in [-0.15, -0.1) is 0 Å². The molecule has 6 nitrogen and oxygen atoms in total. The van der Waals surface area contributed by atoms with Gasteiger partial charge in [0, 0.05) is 12.8 Å². The Morgan fingerprint density at radius 3 is 1.64 bits per heavy atom. The van der Waals surface area contributed by atoms with Gasteiger partial charge in [-0.3, -0.25) is 0 Å². The van der Waals surface area contributed by atoms with Crippen LogP contribution in [0.15, 0.2) is 60.7 Å². The molecule has 28 heavy (non-hydrogen) atoms. The Hall–Kier alpha value is -2.22. The van der Waals surface area contributed by atoms with Crippen molar-refractivity contribution < 1.29 is 29.3 Å². The molecule has 0 bridgehead atoms. The van der Waals surface area contributed by atoms with Crippen LogP contribution >= 0.6 is 15.9 Å². The number of carbonyl (C=O) groups is 2. The van der Waals surface area contributed by atoms with Crippen molar-refractivity contribution in [3.05, 3.63) is 71.8 Å². The average molecular weight is 449 g/mol. The van der Waals surface area contributed by atoms with Gasteiger partial charge >= 0.3 is 11.9 Å². The third-order valence-corrected chi connectivity index (χ3v) is 5.88. The lowest BCUT2D eigenvalue weighted by Crippen LogP contribution is -2.54. The predicted molar refractivity (Wildman–Crippen MR) is 105 cm³/mol. The molecule has 2 aromatic rings. The van der Waals surface area contributed by atoms with Gasteiger partial charge in [0.05, 0.1) is 28.2 Å². The Bertz CT molecular complexity index is 747. The molecule has 3 rings (SSSR count). The van der Waals surface area contributed by atoms with Crippen LogP contribution in [-0.2, 0) is 9.47 Å². The minimum absolute atomic E-state index is 0.0252. The third-order valence-electron chi connectivity index (χ3n) is 4.70. The predicted octanol–water partition coefficient (Wildman–Crippen LogP) is 2.72. The van der Waals surface area contributed by atoms with Crippen molar-refractivity contribution in [2.75, 3.05) is 6.61 Å². The van der Waals surface area contributed by atoms with Crippen molar-refractivity contribution >= 4 is 27.9 Å². The van der Waals surface area contributed by atoms with Gasteiger partial charge in [-0.05, 0) is 24.3 Å². The summed E-state index contributed by atoms with van der Waals surface area (Å²) in [6.45, 7) is -0.536. The fourth-order valence-electron chi connectivity index (χ4n) is 3.20. The summed E-state index contributed by atoms with van der Waals surface area (Å²) in [5.74, 6) is -1.10. The van der Waals surface area contributed by atoms with Gasteiger partial charge in [-0.2, -0.15) is 0 Å². The van der Waals surface area contributed by atoms with Crippen LogP contribution in [0.5, 0.6) is 0 Å². The van der Waals surface area contributed by atoms with E-state index in [-0.39, 0.29) is 12.8 Å². The zero-order chi connectivity index (χ0) is 20.1. The standard InChI is InChI=1S/C21H21BrO6/c22-18-16(27-19(24)14-7-3-1-4-8-14)11-21(26,13-23)12-17(18)28-20(25)15-9-5-2-6-10-15/h1-10,16-18,23,26H,11-13H2/t16-,17?,18?,21?/m1/s1. The molecule has 0 aliphatic heterocycles. The fourth-order valence-corrected chi connectivity index (χ4v) is 3.79. The van der Waals surface area contributed by atoms with Crippen LogP contribution in [0, 0.1) is 0 Å². The highest BCUT2D eigenvalue weighted by molar-refractivity contribution is 9.09. The molecule has 0 saturated heterocycles. The largest absolute Gasteiger partial charge is 0.457 e. The first-order valence-corrected chi connectivity index (χ1v) is 9.83. The van der Waals surface area contributed by atoms with Gasteiger partial charge in [-0.25, -0.2) is 9.59 Å². The molecule has 0 amide bonds. The van der Waals surface area contributed by atoms with Crippen LogP contribution in [0.4, 0.5) is 0 Å². The van der Waals surface area contributed by atoms with Crippen LogP contribution in [0.2, 0.25) is 0 Å². The molecule has 3 unspecified atom stereocenters. The number of benzene rings is 2. The molecule has 1 saturated carbocycles. The molecular formula is C21H21BrO6. The molecule has 0 radical (unpaired) electrons. The Balaban J connectivity index is 1.75. The fraction of sp³-hybridized carbons (Fsp3) is 0.333. The first kappa shape index (κ1) is 20.5. The molecule has 1 fully saturated rings. The second-order valence-electron chi connectivity index (χ2n) is 6.85. The lowest BCUT2D eigenvalue weighted by atomic mass is 9.81. The first-order valence-electron chi connectivity index (χ1n) is 8.91. The number of ether oxygens (including phenoxy) is 2. The van der Waals surface area contributed by atoms with Crippen molar-refractivity contribution in [3.63, 3.8) is 0 Å².